The van der Waals surface area contributed by atoms with Crippen LogP contribution in [-0.2, 0) is 0 Å². The van der Waals surface area contributed by atoms with Gasteiger partial charge in [0.1, 0.15) is 0 Å². The standard InChI is InChI=1S/2C11H22FN2.2C2H5F.2CH2ClF.4CH4.ClH.H2O/c2*1-11(2,9-12)10-14-6-3-13(4-7-14)5-8-14;2*1-2-3;2*2-1-3;;;;;;/h2*3-10H2,1-2H3;2*2H2,1H3;2*1H2;4*1H4;1H;1H2/q2*+1;;;;;;;;;;/p-2. The van der Waals surface area contributed by atoms with E-state index >= 15 is 0 Å². The summed E-state index contributed by atoms with van der Waals surface area (Å²) < 4.78 is 68.7. The number of piperazine rings is 6. The molecular weight excluding hydrogens is 677 g/mol. The highest BCUT2D eigenvalue weighted by molar-refractivity contribution is 6.17. The van der Waals surface area contributed by atoms with Crippen LogP contribution in [0.3, 0.4) is 0 Å². The fourth-order valence-electron chi connectivity index (χ4n) is 5.84. The summed E-state index contributed by atoms with van der Waals surface area (Å²) in [7, 11) is 0. The van der Waals surface area contributed by atoms with E-state index in [2.05, 4.69) is 60.7 Å². The van der Waals surface area contributed by atoms with Gasteiger partial charge in [0, 0.05) is 50.1 Å². The fraction of sp³-hybridized carbons (Fsp3) is 1.00. The Bertz CT molecular complexity index is 521. The molecular formula is C32H75Cl3F6N4O. The predicted octanol–water partition coefficient (Wildman–Crippen LogP) is 5.88. The Balaban J connectivity index is -0.0000000712. The van der Waals surface area contributed by atoms with Crippen LogP contribution in [0.5, 0.6) is 0 Å². The number of halogens is 9. The molecule has 5 nitrogen and oxygen atoms in total. The molecule has 0 atom stereocenters. The Hall–Kier alpha value is 0.250. The highest BCUT2D eigenvalue weighted by Gasteiger charge is 2.43. The van der Waals surface area contributed by atoms with E-state index in [1.807, 2.05) is 0 Å². The molecule has 1 N–H and O–H groups in total. The van der Waals surface area contributed by atoms with Crippen LogP contribution in [0.1, 0.15) is 71.2 Å². The molecule has 0 aromatic carbocycles. The molecule has 14 heteroatoms. The summed E-state index contributed by atoms with van der Waals surface area (Å²) in [6, 6.07) is 0. The Morgan fingerprint density at radius 1 is 0.522 bits per heavy atom. The van der Waals surface area contributed by atoms with Crippen molar-refractivity contribution in [3.8, 4) is 0 Å². The third kappa shape index (κ3) is 28.1. The van der Waals surface area contributed by atoms with Gasteiger partial charge in [-0.25, -0.2) is 8.78 Å². The van der Waals surface area contributed by atoms with Gasteiger partial charge in [-0.1, -0.05) is 80.6 Å². The van der Waals surface area contributed by atoms with E-state index in [0.717, 1.165) is 13.1 Å². The smallest absolute Gasteiger partial charge is 0.163 e. The van der Waals surface area contributed by atoms with Crippen LogP contribution in [0.2, 0.25) is 0 Å². The molecule has 6 aliphatic rings. The quantitative estimate of drug-likeness (QED) is 0.193. The number of rotatable bonds is 6. The maximum atomic E-state index is 12.8. The Labute approximate surface area is 298 Å². The van der Waals surface area contributed by atoms with E-state index in [-0.39, 0.29) is 85.1 Å². The third-order valence-corrected chi connectivity index (χ3v) is 7.59. The number of hydrogen-bond donors (Lipinski definition) is 0. The van der Waals surface area contributed by atoms with Gasteiger partial charge in [0.25, 0.3) is 0 Å². The zero-order chi connectivity index (χ0) is 31.3. The summed E-state index contributed by atoms with van der Waals surface area (Å²) in [5, 5.41) is 0. The molecule has 0 aromatic heterocycles. The second-order valence-corrected chi connectivity index (χ2v) is 12.8. The van der Waals surface area contributed by atoms with E-state index < -0.39 is 12.3 Å². The maximum Gasteiger partial charge on any atom is 0.163 e. The summed E-state index contributed by atoms with van der Waals surface area (Å²) >= 11 is 8.66. The minimum atomic E-state index is -0.778. The van der Waals surface area contributed by atoms with Gasteiger partial charge in [-0.3, -0.25) is 27.4 Å². The Morgan fingerprint density at radius 3 is 0.804 bits per heavy atom. The lowest BCUT2D eigenvalue weighted by Crippen LogP contribution is -3.00. The number of fused-ring (bicyclic) bond motifs is 6. The first-order valence-electron chi connectivity index (χ1n) is 14.4. The van der Waals surface area contributed by atoms with E-state index in [4.69, 9.17) is 0 Å². The van der Waals surface area contributed by atoms with Crippen LogP contribution in [0.25, 0.3) is 0 Å². The molecule has 6 fully saturated rings. The fourth-order valence-corrected chi connectivity index (χ4v) is 5.84. The topological polar surface area (TPSA) is 36.5 Å². The van der Waals surface area contributed by atoms with Gasteiger partial charge >= 0.3 is 0 Å². The average molecular weight is 752 g/mol. The van der Waals surface area contributed by atoms with Gasteiger partial charge in [-0.15, -0.1) is 0 Å². The molecule has 292 valence electrons. The molecule has 46 heavy (non-hydrogen) atoms. The number of alkyl halides is 8. The van der Waals surface area contributed by atoms with Crippen molar-refractivity contribution in [1.82, 2.24) is 9.80 Å². The first kappa shape index (κ1) is 64.7. The summed E-state index contributed by atoms with van der Waals surface area (Å²) in [6.07, 6.45) is -1.56. The van der Waals surface area contributed by atoms with Crippen molar-refractivity contribution in [1.29, 1.82) is 0 Å². The zero-order valence-electron chi connectivity index (χ0n) is 26.8. The van der Waals surface area contributed by atoms with Gasteiger partial charge in [0.05, 0.1) is 79.1 Å². The first-order chi connectivity index (χ1) is 18.8. The molecule has 6 rings (SSSR count). The third-order valence-electron chi connectivity index (χ3n) is 7.59. The predicted molar refractivity (Wildman–Crippen MR) is 188 cm³/mol. The van der Waals surface area contributed by atoms with E-state index in [9.17, 15) is 26.3 Å². The number of nitrogens with zero attached hydrogens (tertiary/aromatic N) is 4. The molecule has 6 aliphatic heterocycles. The van der Waals surface area contributed by atoms with Crippen molar-refractivity contribution in [3.63, 3.8) is 0 Å². The Morgan fingerprint density at radius 2 is 0.674 bits per heavy atom. The van der Waals surface area contributed by atoms with E-state index in [1.165, 1.54) is 101 Å². The van der Waals surface area contributed by atoms with Crippen molar-refractivity contribution >= 4 is 23.2 Å². The van der Waals surface area contributed by atoms with Crippen molar-refractivity contribution in [2.45, 2.75) is 71.2 Å². The molecule has 0 aliphatic carbocycles. The molecule has 4 bridgehead atoms. The molecule has 0 radical (unpaired) electrons. The molecule has 6 heterocycles. The van der Waals surface area contributed by atoms with Crippen molar-refractivity contribution in [2.24, 2.45) is 10.8 Å². The minimum Gasteiger partial charge on any atom is -1.00 e. The van der Waals surface area contributed by atoms with E-state index in [1.54, 1.807) is 0 Å². The second kappa shape index (κ2) is 35.1. The van der Waals surface area contributed by atoms with Crippen molar-refractivity contribution < 1.29 is 53.2 Å². The molecule has 0 unspecified atom stereocenters. The lowest BCUT2D eigenvalue weighted by Gasteiger charge is -2.52. The van der Waals surface area contributed by atoms with Crippen LogP contribution in [0, 0.1) is 10.8 Å². The summed E-state index contributed by atoms with van der Waals surface area (Å²) in [5.41, 5.74) is -0.251. The van der Waals surface area contributed by atoms with Crippen LogP contribution < -0.4 is 12.4 Å². The number of hydrogen-bond acceptors (Lipinski definition) is 3. The van der Waals surface area contributed by atoms with Gasteiger partial charge in [-0.05, 0) is 13.8 Å². The second-order valence-electron chi connectivity index (χ2n) is 12.4. The summed E-state index contributed by atoms with van der Waals surface area (Å²) in [4.78, 5) is 5.06. The van der Waals surface area contributed by atoms with Crippen LogP contribution in [0.4, 0.5) is 26.3 Å². The lowest BCUT2D eigenvalue weighted by atomic mass is 9.92. The van der Waals surface area contributed by atoms with Crippen LogP contribution >= 0.6 is 23.2 Å². The highest BCUT2D eigenvalue weighted by Crippen LogP contribution is 2.28. The average Bonchev–Trinajstić information content (AvgIpc) is 2.92. The van der Waals surface area contributed by atoms with E-state index in [0.29, 0.717) is 0 Å². The normalized spacial score (nSPS) is 24.4. The Kier molecular flexibility index (Phi) is 49.4. The molecule has 0 amide bonds. The highest BCUT2D eigenvalue weighted by atomic mass is 35.5. The molecule has 0 aromatic rings. The summed E-state index contributed by atoms with van der Waals surface area (Å²) in [6.45, 7) is 27.1. The van der Waals surface area contributed by atoms with Gasteiger partial charge in [-0.2, -0.15) is 0 Å². The van der Waals surface area contributed by atoms with Gasteiger partial charge in [0.2, 0.25) is 0 Å². The minimum absolute atomic E-state index is 0. The SMILES string of the molecule is C.C.C.C.CC(C)(CF)C[N+]12CCN(CC1)CC2.CC(C)(CF)C[N+]12CCN(CC1)CC2.CCF.CCF.FCCl.FCCl.[Cl-].[OH-]. The molecule has 0 spiro atoms. The zero-order valence-corrected chi connectivity index (χ0v) is 29.0. The number of quaternary nitrogens is 2. The van der Waals surface area contributed by atoms with Gasteiger partial charge < -0.3 is 26.8 Å². The molecule has 0 saturated carbocycles. The van der Waals surface area contributed by atoms with Crippen LogP contribution in [0.15, 0.2) is 0 Å². The monoisotopic (exact) mass is 750 g/mol. The maximum absolute atomic E-state index is 12.8. The molecule has 6 saturated heterocycles. The summed E-state index contributed by atoms with van der Waals surface area (Å²) in [5.74, 6) is 0. The lowest BCUT2D eigenvalue weighted by molar-refractivity contribution is -0.946. The largest absolute Gasteiger partial charge is 1.00 e. The van der Waals surface area contributed by atoms with Gasteiger partial charge in [0.15, 0.2) is 12.3 Å². The van der Waals surface area contributed by atoms with Crippen molar-refractivity contribution in [2.75, 3.05) is 131 Å². The first-order valence-corrected chi connectivity index (χ1v) is 15.5. The van der Waals surface area contributed by atoms with Crippen LogP contribution in [-0.4, -0.2) is 155 Å². The van der Waals surface area contributed by atoms with Crippen molar-refractivity contribution in [3.05, 3.63) is 0 Å².